The number of nitrogens with one attached hydrogen (secondary N) is 2. The maximum absolute atomic E-state index is 11.6. The van der Waals surface area contributed by atoms with E-state index in [0.29, 0.717) is 12.8 Å². The average Bonchev–Trinajstić information content (AvgIpc) is 3.09. The fourth-order valence-corrected chi connectivity index (χ4v) is 1.57. The van der Waals surface area contributed by atoms with Crippen molar-refractivity contribution >= 4 is 17.8 Å². The van der Waals surface area contributed by atoms with Gasteiger partial charge in [-0.05, 0) is 26.2 Å². The highest BCUT2D eigenvalue weighted by molar-refractivity contribution is 6.04. The average molecular weight is 256 g/mol. The third kappa shape index (κ3) is 3.45. The first-order valence-corrected chi connectivity index (χ1v) is 6.23. The van der Waals surface area contributed by atoms with E-state index < -0.39 is 17.3 Å². The molecule has 6 nitrogen and oxygen atoms in total. The first-order chi connectivity index (χ1) is 8.42. The lowest BCUT2D eigenvalue weighted by atomic mass is 10.1. The van der Waals surface area contributed by atoms with E-state index in [1.807, 2.05) is 13.8 Å². The minimum Gasteiger partial charge on any atom is -0.480 e. The number of rotatable bonds is 7. The Morgan fingerprint density at radius 3 is 2.39 bits per heavy atom. The summed E-state index contributed by atoms with van der Waals surface area (Å²) in [6.07, 6.45) is 1.78. The van der Waals surface area contributed by atoms with Crippen molar-refractivity contribution in [1.29, 1.82) is 0 Å². The minimum atomic E-state index is -1.23. The number of carbonyl (C=O) groups excluding carboxylic acids is 2. The molecule has 2 amide bonds. The van der Waals surface area contributed by atoms with Gasteiger partial charge in [0, 0.05) is 19.0 Å². The van der Waals surface area contributed by atoms with Gasteiger partial charge in [-0.2, -0.15) is 0 Å². The highest BCUT2D eigenvalue weighted by Gasteiger charge is 2.56. The van der Waals surface area contributed by atoms with E-state index in [-0.39, 0.29) is 24.9 Å². The van der Waals surface area contributed by atoms with Gasteiger partial charge in [0.15, 0.2) is 0 Å². The maximum Gasteiger partial charge on any atom is 0.319 e. The molecule has 102 valence electrons. The maximum atomic E-state index is 11.6. The Kier molecular flexibility index (Phi) is 4.69. The van der Waals surface area contributed by atoms with Crippen molar-refractivity contribution in [1.82, 2.24) is 10.6 Å². The summed E-state index contributed by atoms with van der Waals surface area (Å²) in [5, 5.41) is 14.2. The molecule has 18 heavy (non-hydrogen) atoms. The molecular formula is C12H20N2O4. The molecule has 0 bridgehead atoms. The molecular weight excluding hydrogens is 236 g/mol. The molecule has 0 aromatic rings. The number of hydrogen-bond donors (Lipinski definition) is 3. The van der Waals surface area contributed by atoms with Crippen LogP contribution < -0.4 is 10.6 Å². The van der Waals surface area contributed by atoms with E-state index in [9.17, 15) is 14.4 Å². The molecule has 0 aromatic carbocycles. The standard InChI is InChI=1S/C12H20N2O4/c1-3-8(2)14-9(15)4-7-13-10(16)12(5-6-12)11(17)18/h8H,3-7H2,1-2H3,(H,13,16)(H,14,15)(H,17,18). The van der Waals surface area contributed by atoms with Crippen molar-refractivity contribution in [3.63, 3.8) is 0 Å². The van der Waals surface area contributed by atoms with Gasteiger partial charge < -0.3 is 15.7 Å². The van der Waals surface area contributed by atoms with Crippen LogP contribution in [0, 0.1) is 5.41 Å². The van der Waals surface area contributed by atoms with Crippen molar-refractivity contribution < 1.29 is 19.5 Å². The van der Waals surface area contributed by atoms with E-state index in [2.05, 4.69) is 10.6 Å². The highest BCUT2D eigenvalue weighted by Crippen LogP contribution is 2.45. The summed E-state index contributed by atoms with van der Waals surface area (Å²) in [6.45, 7) is 4.05. The van der Waals surface area contributed by atoms with E-state index in [4.69, 9.17) is 5.11 Å². The molecule has 0 heterocycles. The summed E-state index contributed by atoms with van der Waals surface area (Å²) in [7, 11) is 0. The van der Waals surface area contributed by atoms with Gasteiger partial charge in [-0.1, -0.05) is 6.92 Å². The van der Waals surface area contributed by atoms with E-state index in [1.54, 1.807) is 0 Å². The zero-order chi connectivity index (χ0) is 13.8. The first-order valence-electron chi connectivity index (χ1n) is 6.23. The lowest BCUT2D eigenvalue weighted by molar-refractivity contribution is -0.149. The molecule has 1 unspecified atom stereocenters. The molecule has 1 aliphatic rings. The Balaban J connectivity index is 2.24. The van der Waals surface area contributed by atoms with Gasteiger partial charge in [0.25, 0.3) is 0 Å². The first kappa shape index (κ1) is 14.5. The second kappa shape index (κ2) is 5.84. The fraction of sp³-hybridized carbons (Fsp3) is 0.750. The number of carbonyl (C=O) groups is 3. The SMILES string of the molecule is CCC(C)NC(=O)CCNC(=O)C1(C(=O)O)CC1. The third-order valence-corrected chi connectivity index (χ3v) is 3.25. The Morgan fingerprint density at radius 2 is 1.94 bits per heavy atom. The number of carboxylic acids is 1. The zero-order valence-electron chi connectivity index (χ0n) is 10.8. The Morgan fingerprint density at radius 1 is 1.33 bits per heavy atom. The van der Waals surface area contributed by atoms with Gasteiger partial charge in [0.2, 0.25) is 11.8 Å². The molecule has 0 spiro atoms. The summed E-state index contributed by atoms with van der Waals surface area (Å²) < 4.78 is 0. The second-order valence-electron chi connectivity index (χ2n) is 4.77. The van der Waals surface area contributed by atoms with Gasteiger partial charge in [-0.15, -0.1) is 0 Å². The number of carboxylic acid groups (broad SMARTS) is 1. The zero-order valence-corrected chi connectivity index (χ0v) is 10.8. The van der Waals surface area contributed by atoms with Gasteiger partial charge in [-0.3, -0.25) is 14.4 Å². The van der Waals surface area contributed by atoms with Crippen molar-refractivity contribution in [3.8, 4) is 0 Å². The van der Waals surface area contributed by atoms with Gasteiger partial charge in [0.1, 0.15) is 5.41 Å². The van der Waals surface area contributed by atoms with Crippen molar-refractivity contribution in [2.75, 3.05) is 6.54 Å². The van der Waals surface area contributed by atoms with Crippen LogP contribution in [0.3, 0.4) is 0 Å². The van der Waals surface area contributed by atoms with Crippen LogP contribution in [-0.2, 0) is 14.4 Å². The summed E-state index contributed by atoms with van der Waals surface area (Å²) in [5.74, 6) is -1.69. The number of aliphatic carboxylic acids is 1. The summed E-state index contributed by atoms with van der Waals surface area (Å²) >= 11 is 0. The van der Waals surface area contributed by atoms with E-state index in [1.165, 1.54) is 0 Å². The van der Waals surface area contributed by atoms with Crippen LogP contribution in [0.25, 0.3) is 0 Å². The molecule has 0 radical (unpaired) electrons. The molecule has 1 saturated carbocycles. The van der Waals surface area contributed by atoms with E-state index in [0.717, 1.165) is 6.42 Å². The summed E-state index contributed by atoms with van der Waals surface area (Å²) in [6, 6.07) is 0.113. The van der Waals surface area contributed by atoms with Crippen LogP contribution in [0.2, 0.25) is 0 Å². The topological polar surface area (TPSA) is 95.5 Å². The molecule has 1 aliphatic carbocycles. The summed E-state index contributed by atoms with van der Waals surface area (Å²) in [5.41, 5.74) is -1.23. The molecule has 0 aromatic heterocycles. The number of amides is 2. The van der Waals surface area contributed by atoms with Gasteiger partial charge in [0.05, 0.1) is 0 Å². The molecule has 0 saturated heterocycles. The molecule has 6 heteroatoms. The quantitative estimate of drug-likeness (QED) is 0.570. The smallest absolute Gasteiger partial charge is 0.319 e. The minimum absolute atomic E-state index is 0.113. The Labute approximate surface area is 106 Å². The summed E-state index contributed by atoms with van der Waals surface area (Å²) in [4.78, 5) is 33.9. The van der Waals surface area contributed by atoms with Crippen LogP contribution in [0.4, 0.5) is 0 Å². The number of hydrogen-bond acceptors (Lipinski definition) is 3. The molecule has 1 fully saturated rings. The molecule has 0 aliphatic heterocycles. The van der Waals surface area contributed by atoms with E-state index >= 15 is 0 Å². The van der Waals surface area contributed by atoms with Crippen LogP contribution >= 0.6 is 0 Å². The predicted octanol–water partition coefficient (Wildman–Crippen LogP) is 0.272. The largest absolute Gasteiger partial charge is 0.480 e. The second-order valence-corrected chi connectivity index (χ2v) is 4.77. The normalized spacial score (nSPS) is 17.7. The van der Waals surface area contributed by atoms with Crippen molar-refractivity contribution in [2.45, 2.75) is 45.6 Å². The Hall–Kier alpha value is -1.59. The lowest BCUT2D eigenvalue weighted by Crippen LogP contribution is -2.39. The van der Waals surface area contributed by atoms with Crippen LogP contribution in [0.15, 0.2) is 0 Å². The fourth-order valence-electron chi connectivity index (χ4n) is 1.57. The van der Waals surface area contributed by atoms with Crippen molar-refractivity contribution in [2.24, 2.45) is 5.41 Å². The molecule has 1 rings (SSSR count). The van der Waals surface area contributed by atoms with Crippen LogP contribution in [0.5, 0.6) is 0 Å². The lowest BCUT2D eigenvalue weighted by Gasteiger charge is -2.13. The third-order valence-electron chi connectivity index (χ3n) is 3.25. The molecule has 3 N–H and O–H groups in total. The van der Waals surface area contributed by atoms with Crippen molar-refractivity contribution in [3.05, 3.63) is 0 Å². The van der Waals surface area contributed by atoms with Gasteiger partial charge in [-0.25, -0.2) is 0 Å². The Bertz CT molecular complexity index is 350. The van der Waals surface area contributed by atoms with Crippen LogP contribution in [-0.4, -0.2) is 35.5 Å². The monoisotopic (exact) mass is 256 g/mol. The van der Waals surface area contributed by atoms with Gasteiger partial charge >= 0.3 is 5.97 Å². The molecule has 1 atom stereocenters. The highest BCUT2D eigenvalue weighted by atomic mass is 16.4. The van der Waals surface area contributed by atoms with Crippen LogP contribution in [0.1, 0.15) is 39.5 Å². The predicted molar refractivity (Wildman–Crippen MR) is 64.8 cm³/mol.